The molecule has 2 aromatic rings. The quantitative estimate of drug-likeness (QED) is 0.889. The van der Waals surface area contributed by atoms with Crippen LogP contribution < -0.4 is 10.1 Å². The van der Waals surface area contributed by atoms with Gasteiger partial charge in [-0.15, -0.1) is 0 Å². The Morgan fingerprint density at radius 1 is 1.43 bits per heavy atom. The van der Waals surface area contributed by atoms with E-state index in [0.29, 0.717) is 17.7 Å². The first kappa shape index (κ1) is 15.5. The Morgan fingerprint density at radius 3 is 2.76 bits per heavy atom. The first-order valence-electron chi connectivity index (χ1n) is 7.12. The summed E-state index contributed by atoms with van der Waals surface area (Å²) in [5.74, 6) is 0.304. The van der Waals surface area contributed by atoms with Gasteiger partial charge in [-0.25, -0.2) is 4.39 Å². The van der Waals surface area contributed by atoms with Gasteiger partial charge in [-0.05, 0) is 31.7 Å². The van der Waals surface area contributed by atoms with Crippen molar-refractivity contribution in [3.63, 3.8) is 0 Å². The Labute approximate surface area is 124 Å². The summed E-state index contributed by atoms with van der Waals surface area (Å²) in [6.45, 7) is 2.07. The predicted octanol–water partition coefficient (Wildman–Crippen LogP) is 2.63. The second kappa shape index (κ2) is 6.72. The van der Waals surface area contributed by atoms with E-state index in [-0.39, 0.29) is 11.9 Å². The molecule has 1 heterocycles. The summed E-state index contributed by atoms with van der Waals surface area (Å²) in [4.78, 5) is 0. The van der Waals surface area contributed by atoms with Crippen molar-refractivity contribution >= 4 is 0 Å². The standard InChI is InChI=1S/C16H22FN3O/c1-5-11-9-12(20(3)19-11)10-14(18-2)16-13(17)7-6-8-15(16)21-4/h6-9,14,18H,5,10H2,1-4H3. The molecule has 0 saturated heterocycles. The number of hydrogen-bond acceptors (Lipinski definition) is 3. The summed E-state index contributed by atoms with van der Waals surface area (Å²) in [5, 5.41) is 7.61. The van der Waals surface area contributed by atoms with Crippen LogP contribution in [-0.2, 0) is 19.9 Å². The Morgan fingerprint density at radius 2 is 2.19 bits per heavy atom. The van der Waals surface area contributed by atoms with Gasteiger partial charge in [0.1, 0.15) is 11.6 Å². The second-order valence-electron chi connectivity index (χ2n) is 5.01. The molecule has 0 aliphatic rings. The van der Waals surface area contributed by atoms with Crippen molar-refractivity contribution in [2.24, 2.45) is 7.05 Å². The van der Waals surface area contributed by atoms with E-state index >= 15 is 0 Å². The van der Waals surface area contributed by atoms with Crippen LogP contribution in [0.4, 0.5) is 4.39 Å². The molecule has 4 nitrogen and oxygen atoms in total. The maximum Gasteiger partial charge on any atom is 0.131 e. The van der Waals surface area contributed by atoms with Crippen molar-refractivity contribution < 1.29 is 9.13 Å². The molecular weight excluding hydrogens is 269 g/mol. The van der Waals surface area contributed by atoms with Gasteiger partial charge in [0.25, 0.3) is 0 Å². The van der Waals surface area contributed by atoms with Gasteiger partial charge >= 0.3 is 0 Å². The van der Waals surface area contributed by atoms with Crippen LogP contribution >= 0.6 is 0 Å². The number of benzene rings is 1. The van der Waals surface area contributed by atoms with Crippen LogP contribution in [-0.4, -0.2) is 23.9 Å². The van der Waals surface area contributed by atoms with Crippen molar-refractivity contribution in [1.82, 2.24) is 15.1 Å². The fourth-order valence-electron chi connectivity index (χ4n) is 2.53. The van der Waals surface area contributed by atoms with E-state index in [0.717, 1.165) is 17.8 Å². The smallest absolute Gasteiger partial charge is 0.131 e. The molecule has 114 valence electrons. The van der Waals surface area contributed by atoms with E-state index in [1.165, 1.54) is 6.07 Å². The van der Waals surface area contributed by atoms with Crippen molar-refractivity contribution in [2.45, 2.75) is 25.8 Å². The van der Waals surface area contributed by atoms with E-state index in [9.17, 15) is 4.39 Å². The normalized spacial score (nSPS) is 12.4. The molecule has 0 radical (unpaired) electrons. The molecule has 21 heavy (non-hydrogen) atoms. The molecule has 1 aromatic carbocycles. The van der Waals surface area contributed by atoms with E-state index in [1.54, 1.807) is 19.2 Å². The van der Waals surface area contributed by atoms with Gasteiger partial charge in [-0.1, -0.05) is 13.0 Å². The third kappa shape index (κ3) is 3.24. The number of methoxy groups -OCH3 is 1. The van der Waals surface area contributed by atoms with Crippen molar-refractivity contribution in [1.29, 1.82) is 0 Å². The fourth-order valence-corrected chi connectivity index (χ4v) is 2.53. The molecule has 1 atom stereocenters. The molecule has 2 rings (SSSR count). The van der Waals surface area contributed by atoms with E-state index in [4.69, 9.17) is 4.74 Å². The van der Waals surface area contributed by atoms with E-state index < -0.39 is 0 Å². The third-order valence-corrected chi connectivity index (χ3v) is 3.73. The van der Waals surface area contributed by atoms with Gasteiger partial charge in [0, 0.05) is 30.8 Å². The number of aromatic nitrogens is 2. The van der Waals surface area contributed by atoms with Crippen LogP contribution in [0.5, 0.6) is 5.75 Å². The molecule has 0 aliphatic heterocycles. The van der Waals surface area contributed by atoms with Gasteiger partial charge in [0.2, 0.25) is 0 Å². The highest BCUT2D eigenvalue weighted by Crippen LogP contribution is 2.30. The number of rotatable bonds is 6. The molecule has 1 unspecified atom stereocenters. The topological polar surface area (TPSA) is 39.1 Å². The lowest BCUT2D eigenvalue weighted by Crippen LogP contribution is -2.22. The molecule has 5 heteroatoms. The van der Waals surface area contributed by atoms with Crippen LogP contribution in [0.25, 0.3) is 0 Å². The number of hydrogen-bond donors (Lipinski definition) is 1. The van der Waals surface area contributed by atoms with Gasteiger partial charge in [-0.3, -0.25) is 4.68 Å². The molecule has 0 aliphatic carbocycles. The molecule has 0 amide bonds. The van der Waals surface area contributed by atoms with Crippen LogP contribution in [0.15, 0.2) is 24.3 Å². The van der Waals surface area contributed by atoms with Crippen molar-refractivity contribution in [2.75, 3.05) is 14.2 Å². The number of likely N-dealkylation sites (N-methyl/N-ethyl adjacent to an activating group) is 1. The molecule has 0 saturated carbocycles. The number of halogens is 1. The van der Waals surface area contributed by atoms with Gasteiger partial charge in [-0.2, -0.15) is 5.10 Å². The molecule has 0 spiro atoms. The molecule has 1 aromatic heterocycles. The summed E-state index contributed by atoms with van der Waals surface area (Å²) in [5.41, 5.74) is 2.67. The Kier molecular flexibility index (Phi) is 4.96. The van der Waals surface area contributed by atoms with E-state index in [2.05, 4.69) is 23.4 Å². The minimum absolute atomic E-state index is 0.166. The van der Waals surface area contributed by atoms with Crippen molar-refractivity contribution in [3.8, 4) is 5.75 Å². The lowest BCUT2D eigenvalue weighted by atomic mass is 10.00. The highest BCUT2D eigenvalue weighted by molar-refractivity contribution is 5.38. The molecule has 0 bridgehead atoms. The van der Waals surface area contributed by atoms with Crippen LogP contribution in [0.3, 0.4) is 0 Å². The summed E-state index contributed by atoms with van der Waals surface area (Å²) in [6, 6.07) is 6.80. The zero-order chi connectivity index (χ0) is 15.4. The number of nitrogens with zero attached hydrogens (tertiary/aromatic N) is 2. The Balaban J connectivity index is 2.34. The fraction of sp³-hybridized carbons (Fsp3) is 0.438. The number of ether oxygens (including phenoxy) is 1. The summed E-state index contributed by atoms with van der Waals surface area (Å²) < 4.78 is 21.4. The SMILES string of the molecule is CCc1cc(CC(NC)c2c(F)cccc2OC)n(C)n1. The summed E-state index contributed by atoms with van der Waals surface area (Å²) in [7, 11) is 5.30. The zero-order valence-electron chi connectivity index (χ0n) is 13.0. The van der Waals surface area contributed by atoms with Crippen LogP contribution in [0.1, 0.15) is 29.9 Å². The average molecular weight is 291 g/mol. The number of aryl methyl sites for hydroxylation is 2. The van der Waals surface area contributed by atoms with E-state index in [1.807, 2.05) is 18.8 Å². The number of nitrogens with one attached hydrogen (secondary N) is 1. The Hall–Kier alpha value is -1.88. The monoisotopic (exact) mass is 291 g/mol. The minimum atomic E-state index is -0.258. The molecule has 1 N–H and O–H groups in total. The summed E-state index contributed by atoms with van der Waals surface area (Å²) in [6.07, 6.45) is 1.54. The zero-order valence-corrected chi connectivity index (χ0v) is 13.0. The minimum Gasteiger partial charge on any atom is -0.496 e. The maximum absolute atomic E-state index is 14.2. The van der Waals surface area contributed by atoms with Crippen molar-refractivity contribution in [3.05, 3.63) is 47.0 Å². The average Bonchev–Trinajstić information content (AvgIpc) is 2.85. The summed E-state index contributed by atoms with van der Waals surface area (Å²) >= 11 is 0. The first-order valence-corrected chi connectivity index (χ1v) is 7.12. The lowest BCUT2D eigenvalue weighted by molar-refractivity contribution is 0.392. The highest BCUT2D eigenvalue weighted by Gasteiger charge is 2.21. The van der Waals surface area contributed by atoms with Crippen LogP contribution in [0.2, 0.25) is 0 Å². The largest absolute Gasteiger partial charge is 0.496 e. The van der Waals surface area contributed by atoms with Crippen LogP contribution in [0, 0.1) is 5.82 Å². The van der Waals surface area contributed by atoms with Gasteiger partial charge in [0.05, 0.1) is 12.8 Å². The van der Waals surface area contributed by atoms with Gasteiger partial charge < -0.3 is 10.1 Å². The van der Waals surface area contributed by atoms with Gasteiger partial charge in [0.15, 0.2) is 0 Å². The highest BCUT2D eigenvalue weighted by atomic mass is 19.1. The molecule has 0 fully saturated rings. The lowest BCUT2D eigenvalue weighted by Gasteiger charge is -2.20. The Bertz CT molecular complexity index is 610. The third-order valence-electron chi connectivity index (χ3n) is 3.73. The molecular formula is C16H22FN3O. The maximum atomic E-state index is 14.2. The predicted molar refractivity (Wildman–Crippen MR) is 81.0 cm³/mol. The second-order valence-corrected chi connectivity index (χ2v) is 5.01. The first-order chi connectivity index (χ1) is 10.1.